The van der Waals surface area contributed by atoms with Crippen LogP contribution in [0.25, 0.3) is 42.6 Å². The third kappa shape index (κ3) is 11.5. The molecule has 0 N–H and O–H groups in total. The Hall–Kier alpha value is -2.19. The van der Waals surface area contributed by atoms with Gasteiger partial charge in [-0.25, -0.2) is 4.98 Å². The zero-order valence-electron chi connectivity index (χ0n) is 28.8. The van der Waals surface area contributed by atoms with E-state index in [1.807, 2.05) is 11.3 Å². The standard InChI is InChI=1S/C31H31N2S2.3C2H6N.Zr/c1-19(2)23-15-11-16-24(20(3)4)30(23)33-29(22-12-7-6-8-13-22)31-32-26(18-34-31)28-21(5)35-27-17-10-9-14-25(27)28;3*1-3-2;/h6-20,29H,1-5H3;3*1-2H3;/q4*-1;+3. The van der Waals surface area contributed by atoms with E-state index in [-0.39, 0.29) is 32.2 Å². The Morgan fingerprint density at radius 3 is 1.71 bits per heavy atom. The van der Waals surface area contributed by atoms with Crippen LogP contribution in [-0.2, 0) is 26.2 Å². The zero-order chi connectivity index (χ0) is 32.6. The quantitative estimate of drug-likeness (QED) is 0.165. The summed E-state index contributed by atoms with van der Waals surface area (Å²) in [7, 11) is 10.5. The molecule has 0 amide bonds. The molecule has 0 saturated heterocycles. The van der Waals surface area contributed by atoms with E-state index in [1.165, 1.54) is 37.2 Å². The molecule has 0 aliphatic carbocycles. The number of fused-ring (bicyclic) bond motifs is 1. The summed E-state index contributed by atoms with van der Waals surface area (Å²) in [4.78, 5) is 6.53. The number of para-hydroxylation sites is 1. The Labute approximate surface area is 299 Å². The number of hydrogen-bond donors (Lipinski definition) is 0. The first-order valence-electron chi connectivity index (χ1n) is 14.9. The molecule has 5 rings (SSSR count). The van der Waals surface area contributed by atoms with Gasteiger partial charge >= 0.3 is 26.2 Å². The molecule has 0 spiro atoms. The number of thiophene rings is 1. The number of aromatic nitrogens is 1. The maximum atomic E-state index is 5.47. The summed E-state index contributed by atoms with van der Waals surface area (Å²) in [6, 6.07) is 25.7. The van der Waals surface area contributed by atoms with Crippen LogP contribution in [0, 0.1) is 6.92 Å². The van der Waals surface area contributed by atoms with Gasteiger partial charge in [0.15, 0.2) is 0 Å². The van der Waals surface area contributed by atoms with E-state index in [0.717, 1.165) is 16.4 Å². The van der Waals surface area contributed by atoms with Gasteiger partial charge in [-0.1, -0.05) is 111 Å². The van der Waals surface area contributed by atoms with Crippen molar-refractivity contribution in [1.82, 2.24) is 4.98 Å². The molecule has 1 unspecified atom stereocenters. The largest absolute Gasteiger partial charge is 3.00 e. The fraction of sp³-hybridized carbons (Fsp3) is 0.378. The topological polar surface area (TPSA) is 69.3 Å². The van der Waals surface area contributed by atoms with E-state index in [4.69, 9.17) is 10.3 Å². The number of thiazole rings is 1. The van der Waals surface area contributed by atoms with E-state index in [2.05, 4.69) is 129 Å². The van der Waals surface area contributed by atoms with Gasteiger partial charge in [0.05, 0.1) is 10.7 Å². The maximum Gasteiger partial charge on any atom is 3.00 e. The van der Waals surface area contributed by atoms with Crippen LogP contribution in [0.5, 0.6) is 0 Å². The van der Waals surface area contributed by atoms with Crippen LogP contribution in [0.15, 0.2) is 78.2 Å². The Morgan fingerprint density at radius 2 is 1.18 bits per heavy atom. The van der Waals surface area contributed by atoms with Gasteiger partial charge in [0.1, 0.15) is 0 Å². The second-order valence-corrected chi connectivity index (χ2v) is 13.1. The van der Waals surface area contributed by atoms with Gasteiger partial charge in [-0.2, -0.15) is 42.3 Å². The first-order chi connectivity index (χ1) is 21.2. The van der Waals surface area contributed by atoms with Crippen LogP contribution >= 0.6 is 22.7 Å². The molecule has 0 fully saturated rings. The average molecular weight is 719 g/mol. The molecule has 45 heavy (non-hydrogen) atoms. The molecule has 0 saturated carbocycles. The van der Waals surface area contributed by atoms with E-state index in [0.29, 0.717) is 11.8 Å². The Bertz CT molecular complexity index is 1480. The molecule has 8 heteroatoms. The van der Waals surface area contributed by atoms with E-state index in [9.17, 15) is 0 Å². The third-order valence-corrected chi connectivity index (χ3v) is 8.48. The molecule has 0 aliphatic rings. The molecule has 239 valence electrons. The molecule has 5 nitrogen and oxygen atoms in total. The monoisotopic (exact) mass is 717 g/mol. The molecule has 5 aromatic rings. The number of benzene rings is 3. The van der Waals surface area contributed by atoms with Gasteiger partial charge in [-0.15, -0.1) is 28.4 Å². The minimum absolute atomic E-state index is 0. The molecular weight excluding hydrogens is 670 g/mol. The number of rotatable bonds is 7. The number of nitrogens with zero attached hydrogens (tertiary/aromatic N) is 5. The van der Waals surface area contributed by atoms with Gasteiger partial charge in [0, 0.05) is 25.9 Å². The maximum absolute atomic E-state index is 5.47. The fourth-order valence-corrected chi connectivity index (χ4v) is 6.66. The summed E-state index contributed by atoms with van der Waals surface area (Å²) in [5.41, 5.74) is 7.21. The number of aryl methyl sites for hydroxylation is 1. The predicted molar refractivity (Wildman–Crippen MR) is 199 cm³/mol. The Kier molecular flexibility index (Phi) is 19.6. The van der Waals surface area contributed by atoms with Gasteiger partial charge < -0.3 is 21.3 Å². The molecule has 0 bridgehead atoms. The summed E-state index contributed by atoms with van der Waals surface area (Å²) in [5, 5.41) is 20.5. The van der Waals surface area contributed by atoms with Crippen molar-refractivity contribution in [3.05, 3.63) is 126 Å². The van der Waals surface area contributed by atoms with Crippen LogP contribution in [0.4, 0.5) is 5.69 Å². The molecule has 2 aromatic heterocycles. The first-order valence-corrected chi connectivity index (χ1v) is 16.6. The van der Waals surface area contributed by atoms with Gasteiger partial charge in [-0.05, 0) is 30.9 Å². The molecule has 3 aromatic carbocycles. The van der Waals surface area contributed by atoms with Crippen molar-refractivity contribution in [2.45, 2.75) is 52.5 Å². The van der Waals surface area contributed by atoms with Crippen LogP contribution in [0.1, 0.15) is 72.1 Å². The van der Waals surface area contributed by atoms with Crippen molar-refractivity contribution < 1.29 is 26.2 Å². The van der Waals surface area contributed by atoms with Crippen LogP contribution in [0.2, 0.25) is 0 Å². The van der Waals surface area contributed by atoms with E-state index >= 15 is 0 Å². The van der Waals surface area contributed by atoms with Crippen molar-refractivity contribution in [2.24, 2.45) is 0 Å². The zero-order valence-corrected chi connectivity index (χ0v) is 32.9. The second-order valence-electron chi connectivity index (χ2n) is 11.0. The van der Waals surface area contributed by atoms with Crippen molar-refractivity contribution in [1.29, 1.82) is 0 Å². The average Bonchev–Trinajstić information content (AvgIpc) is 3.60. The van der Waals surface area contributed by atoms with Crippen molar-refractivity contribution in [3.63, 3.8) is 0 Å². The SMILES string of the molecule is C[N-]C.C[N-]C.C[N-]C.Cc1sc2ccccc2c1-c1csc(C([N-]c2c(C(C)C)cccc2C(C)C)c2ccccc2)n1.[Zr+3]. The normalized spacial score (nSPS) is 11.0. The minimum atomic E-state index is -0.141. The smallest absolute Gasteiger partial charge is 0.672 e. The minimum Gasteiger partial charge on any atom is -0.672 e. The summed E-state index contributed by atoms with van der Waals surface area (Å²) >= 11 is 3.56. The Balaban J connectivity index is 0.000000910. The third-order valence-electron chi connectivity index (χ3n) is 6.50. The number of hydrogen-bond acceptors (Lipinski definition) is 3. The van der Waals surface area contributed by atoms with Gasteiger partial charge in [0.25, 0.3) is 0 Å². The second kappa shape index (κ2) is 21.6. The molecule has 1 atom stereocenters. The van der Waals surface area contributed by atoms with Gasteiger partial charge in [-0.3, -0.25) is 0 Å². The summed E-state index contributed by atoms with van der Waals surface area (Å²) in [6.45, 7) is 11.2. The van der Waals surface area contributed by atoms with Crippen molar-refractivity contribution in [2.75, 3.05) is 42.3 Å². The molecular formula is C37H49N5S2Zr-. The van der Waals surface area contributed by atoms with E-state index < -0.39 is 0 Å². The Morgan fingerprint density at radius 1 is 0.667 bits per heavy atom. The van der Waals surface area contributed by atoms with Gasteiger partial charge in [0.2, 0.25) is 0 Å². The summed E-state index contributed by atoms with van der Waals surface area (Å²) < 4.78 is 1.31. The molecule has 2 heterocycles. The van der Waals surface area contributed by atoms with Crippen molar-refractivity contribution in [3.8, 4) is 11.3 Å². The van der Waals surface area contributed by atoms with E-state index in [1.54, 1.807) is 53.6 Å². The van der Waals surface area contributed by atoms with Crippen molar-refractivity contribution >= 4 is 38.4 Å². The first kappa shape index (κ1) is 40.8. The fourth-order valence-electron chi connectivity index (χ4n) is 4.71. The van der Waals surface area contributed by atoms with Crippen LogP contribution in [0.3, 0.4) is 0 Å². The predicted octanol–water partition coefficient (Wildman–Crippen LogP) is 12.2. The van der Waals surface area contributed by atoms with Crippen LogP contribution in [-0.4, -0.2) is 47.3 Å². The molecule has 0 aliphatic heterocycles. The van der Waals surface area contributed by atoms with Crippen LogP contribution < -0.4 is 0 Å². The summed E-state index contributed by atoms with van der Waals surface area (Å²) in [6.07, 6.45) is 0. The summed E-state index contributed by atoms with van der Waals surface area (Å²) in [5.74, 6) is 0.797. The molecule has 1 radical (unpaired) electrons.